The van der Waals surface area contributed by atoms with Gasteiger partial charge in [0, 0.05) is 4.47 Å². The van der Waals surface area contributed by atoms with Gasteiger partial charge in [-0.3, -0.25) is 0 Å². The van der Waals surface area contributed by atoms with Crippen LogP contribution in [0.3, 0.4) is 0 Å². The van der Waals surface area contributed by atoms with Gasteiger partial charge in [-0.15, -0.1) is 0 Å². The maximum absolute atomic E-state index is 3.82. The van der Waals surface area contributed by atoms with Crippen LogP contribution in [0.4, 0.5) is 0 Å². The van der Waals surface area contributed by atoms with Gasteiger partial charge in [-0.1, -0.05) is 119 Å². The molecule has 0 radical (unpaired) electrons. The summed E-state index contributed by atoms with van der Waals surface area (Å²) >= 11 is 3.82. The highest BCUT2D eigenvalue weighted by Crippen LogP contribution is 2.45. The fourth-order valence-corrected chi connectivity index (χ4v) is 5.94. The van der Waals surface area contributed by atoms with E-state index in [0.717, 1.165) is 4.47 Å². The molecule has 7 rings (SSSR count). The van der Waals surface area contributed by atoms with Crippen molar-refractivity contribution in [2.75, 3.05) is 0 Å². The topological polar surface area (TPSA) is 0 Å². The van der Waals surface area contributed by atoms with E-state index in [1.807, 2.05) is 0 Å². The average Bonchev–Trinajstić information content (AvgIpc) is 2.87. The lowest BCUT2D eigenvalue weighted by molar-refractivity contribution is 1.65. The fourth-order valence-electron chi connectivity index (χ4n) is 5.48. The Hall–Kier alpha value is -3.68. The number of fused-ring (bicyclic) bond motifs is 2. The van der Waals surface area contributed by atoms with E-state index in [-0.39, 0.29) is 0 Å². The van der Waals surface area contributed by atoms with Gasteiger partial charge in [-0.25, -0.2) is 0 Å². The third kappa shape index (κ3) is 2.76. The van der Waals surface area contributed by atoms with Gasteiger partial charge in [0.05, 0.1) is 0 Å². The minimum absolute atomic E-state index is 1.11. The van der Waals surface area contributed by atoms with Crippen molar-refractivity contribution in [3.05, 3.63) is 120 Å². The summed E-state index contributed by atoms with van der Waals surface area (Å²) in [4.78, 5) is 0. The first kappa shape index (κ1) is 18.8. The number of halogens is 1. The number of hydrogen-bond acceptors (Lipinski definition) is 0. The van der Waals surface area contributed by atoms with Gasteiger partial charge in [-0.2, -0.15) is 0 Å². The second-order valence-corrected chi connectivity index (χ2v) is 9.57. The van der Waals surface area contributed by atoms with Crippen molar-refractivity contribution in [2.24, 2.45) is 0 Å². The van der Waals surface area contributed by atoms with Crippen molar-refractivity contribution in [2.45, 2.75) is 0 Å². The van der Waals surface area contributed by atoms with Crippen LogP contribution in [0.5, 0.6) is 0 Å². The van der Waals surface area contributed by atoms with E-state index in [1.165, 1.54) is 65.3 Å². The first-order chi connectivity index (χ1) is 16.3. The Morgan fingerprint density at radius 2 is 0.848 bits per heavy atom. The smallest absolute Gasteiger partial charge is 0.0188 e. The summed E-state index contributed by atoms with van der Waals surface area (Å²) in [6, 6.07) is 41.9. The quantitative estimate of drug-likeness (QED) is 0.170. The summed E-state index contributed by atoms with van der Waals surface area (Å²) < 4.78 is 1.11. The first-order valence-electron chi connectivity index (χ1n) is 11.2. The second-order valence-electron chi connectivity index (χ2n) is 8.66. The van der Waals surface area contributed by atoms with Gasteiger partial charge in [0.2, 0.25) is 0 Å². The third-order valence-electron chi connectivity index (χ3n) is 6.87. The predicted molar refractivity (Wildman–Crippen MR) is 146 cm³/mol. The minimum atomic E-state index is 1.11. The van der Waals surface area contributed by atoms with Crippen LogP contribution in [0.15, 0.2) is 120 Å². The summed E-state index contributed by atoms with van der Waals surface area (Å²) in [6.07, 6.45) is 0. The van der Waals surface area contributed by atoms with Crippen molar-refractivity contribution in [1.29, 1.82) is 0 Å². The lowest BCUT2D eigenvalue weighted by Crippen LogP contribution is -1.91. The zero-order valence-corrected chi connectivity index (χ0v) is 19.4. The Morgan fingerprint density at radius 3 is 1.52 bits per heavy atom. The highest BCUT2D eigenvalue weighted by Gasteiger charge is 2.17. The van der Waals surface area contributed by atoms with Crippen LogP contribution < -0.4 is 0 Å². The third-order valence-corrected chi connectivity index (χ3v) is 7.33. The normalized spacial score (nSPS) is 11.8. The molecule has 0 unspecified atom stereocenters. The molecule has 0 fully saturated rings. The van der Waals surface area contributed by atoms with E-state index in [4.69, 9.17) is 0 Å². The zero-order valence-electron chi connectivity index (χ0n) is 17.8. The van der Waals surface area contributed by atoms with Crippen molar-refractivity contribution in [3.8, 4) is 22.3 Å². The maximum Gasteiger partial charge on any atom is 0.0188 e. The molecule has 0 bridgehead atoms. The highest BCUT2D eigenvalue weighted by atomic mass is 79.9. The van der Waals surface area contributed by atoms with Crippen LogP contribution in [0.25, 0.3) is 65.3 Å². The summed E-state index contributed by atoms with van der Waals surface area (Å²) in [5.41, 5.74) is 5.06. The molecule has 0 aliphatic heterocycles. The van der Waals surface area contributed by atoms with Gasteiger partial charge in [-0.05, 0) is 77.5 Å². The van der Waals surface area contributed by atoms with Crippen molar-refractivity contribution in [1.82, 2.24) is 0 Å². The van der Waals surface area contributed by atoms with Crippen molar-refractivity contribution in [3.63, 3.8) is 0 Å². The molecule has 1 heteroatoms. The van der Waals surface area contributed by atoms with Gasteiger partial charge < -0.3 is 0 Å². The predicted octanol–water partition coefficient (Wildman–Crippen LogP) is 9.83. The molecule has 0 heterocycles. The molecular formula is C32H19Br. The highest BCUT2D eigenvalue weighted by molar-refractivity contribution is 9.10. The van der Waals surface area contributed by atoms with E-state index in [2.05, 4.69) is 131 Å². The maximum atomic E-state index is 3.82. The van der Waals surface area contributed by atoms with Crippen LogP contribution in [0, 0.1) is 0 Å². The van der Waals surface area contributed by atoms with Crippen LogP contribution in [-0.2, 0) is 0 Å². The summed E-state index contributed by atoms with van der Waals surface area (Å²) in [7, 11) is 0. The molecule has 0 saturated carbocycles. The Bertz CT molecular complexity index is 1800. The number of rotatable bonds is 2. The number of benzene rings is 7. The molecule has 33 heavy (non-hydrogen) atoms. The van der Waals surface area contributed by atoms with Gasteiger partial charge in [0.15, 0.2) is 0 Å². The summed E-state index contributed by atoms with van der Waals surface area (Å²) in [5, 5.41) is 10.5. The first-order valence-corrected chi connectivity index (χ1v) is 12.0. The summed E-state index contributed by atoms with van der Waals surface area (Å²) in [6.45, 7) is 0. The molecule has 0 saturated heterocycles. The molecule has 0 aromatic heterocycles. The lowest BCUT2D eigenvalue weighted by atomic mass is 9.85. The molecule has 0 N–H and O–H groups in total. The fraction of sp³-hybridized carbons (Fsp3) is 0. The molecule has 0 atom stereocenters. The molecule has 0 amide bonds. The zero-order chi connectivity index (χ0) is 21.9. The Kier molecular flexibility index (Phi) is 4.09. The van der Waals surface area contributed by atoms with E-state index < -0.39 is 0 Å². The Morgan fingerprint density at radius 1 is 0.364 bits per heavy atom. The van der Waals surface area contributed by atoms with E-state index in [9.17, 15) is 0 Å². The molecule has 154 valence electrons. The standard InChI is InChI=1S/C32H19Br/c33-22-18-29-24(21-10-5-2-6-11-21)15-16-27-26-13-7-12-25-23(20-8-3-1-4-9-20)14-17-28(31(25)26)30(19-22)32(27)29/h1-19H. The molecular weight excluding hydrogens is 464 g/mol. The molecule has 0 spiro atoms. The van der Waals surface area contributed by atoms with Crippen LogP contribution in [0.2, 0.25) is 0 Å². The molecule has 7 aromatic rings. The van der Waals surface area contributed by atoms with Gasteiger partial charge in [0.1, 0.15) is 0 Å². The van der Waals surface area contributed by atoms with Crippen LogP contribution in [0.1, 0.15) is 0 Å². The largest absolute Gasteiger partial charge is 0.0622 e. The van der Waals surface area contributed by atoms with Crippen molar-refractivity contribution >= 4 is 59.0 Å². The van der Waals surface area contributed by atoms with Crippen molar-refractivity contribution < 1.29 is 0 Å². The van der Waals surface area contributed by atoms with Gasteiger partial charge >= 0.3 is 0 Å². The second kappa shape index (κ2) is 7.16. The summed E-state index contributed by atoms with van der Waals surface area (Å²) in [5.74, 6) is 0. The molecule has 0 aliphatic rings. The Labute approximate surface area is 200 Å². The Balaban J connectivity index is 1.68. The van der Waals surface area contributed by atoms with E-state index in [0.29, 0.717) is 0 Å². The van der Waals surface area contributed by atoms with Gasteiger partial charge in [0.25, 0.3) is 0 Å². The molecule has 0 aliphatic carbocycles. The molecule has 0 nitrogen and oxygen atoms in total. The number of hydrogen-bond donors (Lipinski definition) is 0. The van der Waals surface area contributed by atoms with Crippen LogP contribution in [-0.4, -0.2) is 0 Å². The monoisotopic (exact) mass is 482 g/mol. The molecule has 7 aromatic carbocycles. The lowest BCUT2D eigenvalue weighted by Gasteiger charge is -2.18. The SMILES string of the molecule is Brc1cc2c(-c3ccccc3)ccc3c4cccc5c(-c6ccccc6)ccc(c(c1)c23)c54. The average molecular weight is 483 g/mol. The van der Waals surface area contributed by atoms with Crippen LogP contribution >= 0.6 is 15.9 Å². The van der Waals surface area contributed by atoms with E-state index >= 15 is 0 Å². The van der Waals surface area contributed by atoms with E-state index in [1.54, 1.807) is 0 Å². The minimum Gasteiger partial charge on any atom is -0.0622 e.